The first-order valence-electron chi connectivity index (χ1n) is 9.94. The number of carbonyl (C=O) groups excluding carboxylic acids is 3. The predicted molar refractivity (Wildman–Crippen MR) is 116 cm³/mol. The number of esters is 1. The molecule has 3 rings (SSSR count). The van der Waals surface area contributed by atoms with Crippen molar-refractivity contribution in [3.05, 3.63) is 64.0 Å². The third-order valence-corrected chi connectivity index (χ3v) is 5.39. The third kappa shape index (κ3) is 5.46. The number of benzene rings is 2. The SMILES string of the molecule is COc1cc([N+](=O)[O-])ccc1N1C[C@@H](C(=O)O[C@@H](CCCl)C(=O)c2ccc(F)cc2)CC1=O. The van der Waals surface area contributed by atoms with Gasteiger partial charge in [-0.25, -0.2) is 4.39 Å². The van der Waals surface area contributed by atoms with Crippen molar-refractivity contribution in [2.24, 2.45) is 5.92 Å². The smallest absolute Gasteiger partial charge is 0.312 e. The number of Topliss-reactive ketones (excluding diaryl/α,β-unsaturated/α-hetero) is 1. The molecule has 0 radical (unpaired) electrons. The van der Waals surface area contributed by atoms with Crippen molar-refractivity contribution in [2.75, 3.05) is 24.4 Å². The fraction of sp³-hybridized carbons (Fsp3) is 0.318. The van der Waals surface area contributed by atoms with E-state index in [4.69, 9.17) is 21.1 Å². The summed E-state index contributed by atoms with van der Waals surface area (Å²) in [6.45, 7) is -0.0514. The van der Waals surface area contributed by atoms with Crippen molar-refractivity contribution in [2.45, 2.75) is 18.9 Å². The van der Waals surface area contributed by atoms with Gasteiger partial charge in [0.25, 0.3) is 5.69 Å². The van der Waals surface area contributed by atoms with Crippen molar-refractivity contribution in [1.82, 2.24) is 0 Å². The second kappa shape index (κ2) is 10.4. The Labute approximate surface area is 193 Å². The second-order valence-corrected chi connectivity index (χ2v) is 7.67. The Kier molecular flexibility index (Phi) is 7.59. The molecule has 0 saturated carbocycles. The van der Waals surface area contributed by atoms with E-state index in [9.17, 15) is 28.9 Å². The zero-order valence-corrected chi connectivity index (χ0v) is 18.3. The van der Waals surface area contributed by atoms with E-state index in [1.807, 2.05) is 0 Å². The molecule has 11 heteroatoms. The minimum absolute atomic E-state index is 0.0423. The lowest BCUT2D eigenvalue weighted by molar-refractivity contribution is -0.384. The van der Waals surface area contributed by atoms with Gasteiger partial charge >= 0.3 is 5.97 Å². The summed E-state index contributed by atoms with van der Waals surface area (Å²) in [7, 11) is 1.31. The van der Waals surface area contributed by atoms with Gasteiger partial charge in [0.05, 0.1) is 29.7 Å². The van der Waals surface area contributed by atoms with E-state index in [0.29, 0.717) is 0 Å². The quantitative estimate of drug-likeness (QED) is 0.178. The van der Waals surface area contributed by atoms with E-state index < -0.39 is 40.4 Å². The molecular formula is C22H20ClFN2O7. The molecule has 174 valence electrons. The molecule has 1 heterocycles. The van der Waals surface area contributed by atoms with Gasteiger partial charge in [0, 0.05) is 36.9 Å². The van der Waals surface area contributed by atoms with Gasteiger partial charge in [-0.2, -0.15) is 0 Å². The molecule has 0 bridgehead atoms. The Morgan fingerprint density at radius 1 is 1.27 bits per heavy atom. The van der Waals surface area contributed by atoms with Crippen LogP contribution < -0.4 is 9.64 Å². The Hall–Kier alpha value is -3.53. The number of ether oxygens (including phenoxy) is 2. The van der Waals surface area contributed by atoms with Gasteiger partial charge in [-0.1, -0.05) is 0 Å². The first kappa shape index (κ1) is 24.1. The van der Waals surface area contributed by atoms with Crippen molar-refractivity contribution < 1.29 is 33.2 Å². The van der Waals surface area contributed by atoms with Crippen molar-refractivity contribution in [3.63, 3.8) is 0 Å². The molecule has 0 aliphatic carbocycles. The number of nitro benzene ring substituents is 1. The molecule has 2 atom stereocenters. The summed E-state index contributed by atoms with van der Waals surface area (Å²) in [6, 6.07) is 8.61. The molecule has 1 aliphatic rings. The van der Waals surface area contributed by atoms with Crippen LogP contribution in [0.15, 0.2) is 42.5 Å². The molecule has 1 saturated heterocycles. The lowest BCUT2D eigenvalue weighted by Crippen LogP contribution is -2.32. The number of rotatable bonds is 9. The van der Waals surface area contributed by atoms with Crippen LogP contribution in [-0.2, 0) is 14.3 Å². The summed E-state index contributed by atoms with van der Waals surface area (Å²) < 4.78 is 23.7. The van der Waals surface area contributed by atoms with Crippen LogP contribution in [0.2, 0.25) is 0 Å². The zero-order chi connectivity index (χ0) is 24.1. The van der Waals surface area contributed by atoms with Gasteiger partial charge in [-0.3, -0.25) is 24.5 Å². The molecule has 1 aliphatic heterocycles. The van der Waals surface area contributed by atoms with Gasteiger partial charge < -0.3 is 14.4 Å². The van der Waals surface area contributed by atoms with Crippen LogP contribution in [0.4, 0.5) is 15.8 Å². The van der Waals surface area contributed by atoms with Gasteiger partial charge in [0.2, 0.25) is 11.7 Å². The van der Waals surface area contributed by atoms with Crippen LogP contribution in [0.25, 0.3) is 0 Å². The number of nitro groups is 1. The number of alkyl halides is 1. The van der Waals surface area contributed by atoms with Crippen LogP contribution in [0.1, 0.15) is 23.2 Å². The summed E-state index contributed by atoms with van der Waals surface area (Å²) in [5, 5.41) is 11.0. The van der Waals surface area contributed by atoms with E-state index in [1.54, 1.807) is 0 Å². The first-order valence-corrected chi connectivity index (χ1v) is 10.5. The number of ketones is 1. The number of non-ortho nitro benzene ring substituents is 1. The Bertz CT molecular complexity index is 1080. The van der Waals surface area contributed by atoms with Crippen molar-refractivity contribution >= 4 is 40.6 Å². The normalized spacial score (nSPS) is 16.4. The van der Waals surface area contributed by atoms with Crippen LogP contribution in [0.3, 0.4) is 0 Å². The highest BCUT2D eigenvalue weighted by atomic mass is 35.5. The lowest BCUT2D eigenvalue weighted by atomic mass is 10.0. The zero-order valence-electron chi connectivity index (χ0n) is 17.5. The van der Waals surface area contributed by atoms with Crippen molar-refractivity contribution in [1.29, 1.82) is 0 Å². The first-order chi connectivity index (χ1) is 15.7. The molecule has 1 amide bonds. The summed E-state index contributed by atoms with van der Waals surface area (Å²) >= 11 is 5.76. The molecule has 0 N–H and O–H groups in total. The fourth-order valence-corrected chi connectivity index (χ4v) is 3.68. The maximum Gasteiger partial charge on any atom is 0.312 e. The molecule has 0 aromatic heterocycles. The second-order valence-electron chi connectivity index (χ2n) is 7.29. The molecule has 0 unspecified atom stereocenters. The molecule has 33 heavy (non-hydrogen) atoms. The summed E-state index contributed by atoms with van der Waals surface area (Å²) in [5.41, 5.74) is 0.239. The minimum Gasteiger partial charge on any atom is -0.494 e. The van der Waals surface area contributed by atoms with Gasteiger partial charge in [-0.15, -0.1) is 11.6 Å². The Balaban J connectivity index is 1.74. The highest BCUT2D eigenvalue weighted by Gasteiger charge is 2.39. The van der Waals surface area contributed by atoms with Crippen molar-refractivity contribution in [3.8, 4) is 5.75 Å². The molecular weight excluding hydrogens is 459 g/mol. The topological polar surface area (TPSA) is 116 Å². The number of hydrogen-bond acceptors (Lipinski definition) is 7. The Morgan fingerprint density at radius 3 is 2.58 bits per heavy atom. The van der Waals surface area contributed by atoms with Crippen LogP contribution >= 0.6 is 11.6 Å². The molecule has 9 nitrogen and oxygen atoms in total. The molecule has 0 spiro atoms. The monoisotopic (exact) mass is 478 g/mol. The number of methoxy groups -OCH3 is 1. The average molecular weight is 479 g/mol. The standard InChI is InChI=1S/C22H20ClFN2O7/c1-32-19-11-16(26(30)31)6-7-17(19)25-12-14(10-20(25)27)22(29)33-18(8-9-23)21(28)13-2-4-15(24)5-3-13/h2-7,11,14,18H,8-10,12H2,1H3/t14-,18-/m0/s1. The number of amides is 1. The number of anilines is 1. The highest BCUT2D eigenvalue weighted by Crippen LogP contribution is 2.36. The van der Waals surface area contributed by atoms with Gasteiger partial charge in [0.1, 0.15) is 11.6 Å². The minimum atomic E-state index is -1.18. The Morgan fingerprint density at radius 2 is 1.97 bits per heavy atom. The van der Waals surface area contributed by atoms with Gasteiger partial charge in [0.15, 0.2) is 6.10 Å². The maximum absolute atomic E-state index is 13.1. The van der Waals surface area contributed by atoms with E-state index in [0.717, 1.165) is 12.1 Å². The maximum atomic E-state index is 13.1. The fourth-order valence-electron chi connectivity index (χ4n) is 3.48. The van der Waals surface area contributed by atoms with Gasteiger partial charge in [-0.05, 0) is 30.3 Å². The number of hydrogen-bond donors (Lipinski definition) is 0. The average Bonchev–Trinajstić information content (AvgIpc) is 3.19. The summed E-state index contributed by atoms with van der Waals surface area (Å²) in [4.78, 5) is 49.7. The summed E-state index contributed by atoms with van der Waals surface area (Å²) in [6.07, 6.45) is -1.31. The van der Waals surface area contributed by atoms with Crippen LogP contribution in [0.5, 0.6) is 5.75 Å². The molecule has 2 aromatic rings. The lowest BCUT2D eigenvalue weighted by Gasteiger charge is -2.20. The van der Waals surface area contributed by atoms with Crippen LogP contribution in [0, 0.1) is 21.8 Å². The van der Waals surface area contributed by atoms with E-state index in [-0.39, 0.29) is 48.0 Å². The van der Waals surface area contributed by atoms with E-state index >= 15 is 0 Å². The van der Waals surface area contributed by atoms with E-state index in [1.165, 1.54) is 42.3 Å². The third-order valence-electron chi connectivity index (χ3n) is 5.17. The number of halogens is 2. The summed E-state index contributed by atoms with van der Waals surface area (Å²) in [5.74, 6) is -2.90. The number of nitrogens with zero attached hydrogens (tertiary/aromatic N) is 2. The number of carbonyl (C=O) groups is 3. The highest BCUT2D eigenvalue weighted by molar-refractivity contribution is 6.18. The molecule has 1 fully saturated rings. The largest absolute Gasteiger partial charge is 0.494 e. The van der Waals surface area contributed by atoms with Crippen LogP contribution in [-0.4, -0.2) is 48.2 Å². The predicted octanol–water partition coefficient (Wildman–Crippen LogP) is 3.52. The van der Waals surface area contributed by atoms with E-state index in [2.05, 4.69) is 0 Å². The molecule has 2 aromatic carbocycles.